The number of rotatable bonds is 4. The van der Waals surface area contributed by atoms with Gasteiger partial charge in [-0.15, -0.1) is 0 Å². The third-order valence-electron chi connectivity index (χ3n) is 3.78. The van der Waals surface area contributed by atoms with Gasteiger partial charge in [0.2, 0.25) is 0 Å². The molecule has 0 radical (unpaired) electrons. The quantitative estimate of drug-likeness (QED) is 0.776. The molecule has 1 aromatic carbocycles. The van der Waals surface area contributed by atoms with E-state index in [0.29, 0.717) is 23.3 Å². The van der Waals surface area contributed by atoms with Gasteiger partial charge in [0.25, 0.3) is 11.5 Å². The monoisotopic (exact) mass is 360 g/mol. The van der Waals surface area contributed by atoms with Crippen molar-refractivity contribution in [1.29, 1.82) is 0 Å². The van der Waals surface area contributed by atoms with Gasteiger partial charge in [0.15, 0.2) is 6.10 Å². The summed E-state index contributed by atoms with van der Waals surface area (Å²) in [4.78, 5) is 51.5. The highest BCUT2D eigenvalue weighted by Gasteiger charge is 2.21. The summed E-state index contributed by atoms with van der Waals surface area (Å²) >= 11 is 0. The normalized spacial score (nSPS) is 11.7. The first-order valence-corrected chi connectivity index (χ1v) is 8.03. The van der Waals surface area contributed by atoms with E-state index in [1.165, 1.54) is 26.1 Å². The van der Waals surface area contributed by atoms with E-state index in [2.05, 4.69) is 10.3 Å². The molecule has 1 heterocycles. The summed E-state index contributed by atoms with van der Waals surface area (Å²) in [6.07, 6.45) is -1.16. The predicted octanol–water partition coefficient (Wildman–Crippen LogP) is 0.726. The molecule has 9 heteroatoms. The lowest BCUT2D eigenvalue weighted by Gasteiger charge is -2.13. The number of carbonyl (C=O) groups excluding carboxylic acids is 3. The van der Waals surface area contributed by atoms with Crippen molar-refractivity contribution < 1.29 is 19.1 Å². The molecular formula is C17H20N4O5. The summed E-state index contributed by atoms with van der Waals surface area (Å²) in [6, 6.07) is 3.91. The van der Waals surface area contributed by atoms with E-state index in [1.807, 2.05) is 12.2 Å². The van der Waals surface area contributed by atoms with E-state index < -0.39 is 24.0 Å². The van der Waals surface area contributed by atoms with Crippen molar-refractivity contribution in [2.24, 2.45) is 0 Å². The maximum atomic E-state index is 12.3. The summed E-state index contributed by atoms with van der Waals surface area (Å²) in [5, 5.41) is 4.26. The molecule has 2 N–H and O–H groups in total. The number of imide groups is 1. The van der Waals surface area contributed by atoms with Crippen molar-refractivity contribution in [3.05, 3.63) is 39.8 Å². The van der Waals surface area contributed by atoms with E-state index >= 15 is 0 Å². The van der Waals surface area contributed by atoms with Crippen molar-refractivity contribution >= 4 is 28.9 Å². The lowest BCUT2D eigenvalue weighted by Crippen LogP contribution is -2.43. The Morgan fingerprint density at radius 3 is 2.62 bits per heavy atom. The molecule has 0 aliphatic heterocycles. The van der Waals surface area contributed by atoms with Crippen LogP contribution in [0.4, 0.5) is 4.79 Å². The number of hydrogen-bond donors (Lipinski definition) is 2. The molecule has 0 saturated carbocycles. The number of urea groups is 1. The molecule has 3 amide bonds. The standard InChI is InChI=1S/C17H20N4O5/c1-5-21-13-7-6-11(8-12(13)19-9(2)15(21)23)16(24)26-10(3)14(22)20-17(25)18-4/h6-8,10H,5H2,1-4H3,(H2,18,20,22,25)/t10-/m0/s1. The third kappa shape index (κ3) is 3.88. The zero-order valence-corrected chi connectivity index (χ0v) is 15.0. The first-order chi connectivity index (χ1) is 12.3. The van der Waals surface area contributed by atoms with Crippen LogP contribution < -0.4 is 16.2 Å². The molecule has 1 aromatic heterocycles. The molecule has 2 rings (SSSR count). The van der Waals surface area contributed by atoms with Gasteiger partial charge in [-0.1, -0.05) is 0 Å². The van der Waals surface area contributed by atoms with Crippen LogP contribution in [0.2, 0.25) is 0 Å². The number of fused-ring (bicyclic) bond motifs is 1. The van der Waals surface area contributed by atoms with Crippen LogP contribution >= 0.6 is 0 Å². The predicted molar refractivity (Wildman–Crippen MR) is 93.9 cm³/mol. The summed E-state index contributed by atoms with van der Waals surface area (Å²) in [5.41, 5.74) is 1.40. The van der Waals surface area contributed by atoms with Crippen LogP contribution in [0.3, 0.4) is 0 Å². The Hall–Kier alpha value is -3.23. The van der Waals surface area contributed by atoms with Crippen LogP contribution in [0.15, 0.2) is 23.0 Å². The molecule has 26 heavy (non-hydrogen) atoms. The minimum Gasteiger partial charge on any atom is -0.449 e. The van der Waals surface area contributed by atoms with Gasteiger partial charge in [0.05, 0.1) is 16.6 Å². The number of aryl methyl sites for hydroxylation is 2. The molecular weight excluding hydrogens is 340 g/mol. The van der Waals surface area contributed by atoms with Crippen molar-refractivity contribution in [1.82, 2.24) is 20.2 Å². The lowest BCUT2D eigenvalue weighted by molar-refractivity contribution is -0.127. The number of hydrogen-bond acceptors (Lipinski definition) is 6. The van der Waals surface area contributed by atoms with Gasteiger partial charge in [-0.3, -0.25) is 14.9 Å². The van der Waals surface area contributed by atoms with Crippen LogP contribution in [-0.4, -0.2) is 40.6 Å². The molecule has 0 saturated heterocycles. The Kier molecular flexibility index (Phi) is 5.71. The van der Waals surface area contributed by atoms with E-state index in [-0.39, 0.29) is 11.1 Å². The maximum Gasteiger partial charge on any atom is 0.338 e. The number of nitrogens with zero attached hydrogens (tertiary/aromatic N) is 2. The smallest absolute Gasteiger partial charge is 0.338 e. The fourth-order valence-corrected chi connectivity index (χ4v) is 2.37. The minimum atomic E-state index is -1.16. The van der Waals surface area contributed by atoms with Gasteiger partial charge < -0.3 is 14.6 Å². The van der Waals surface area contributed by atoms with Gasteiger partial charge >= 0.3 is 12.0 Å². The number of aromatic nitrogens is 2. The molecule has 138 valence electrons. The number of esters is 1. The van der Waals surface area contributed by atoms with Gasteiger partial charge in [0, 0.05) is 13.6 Å². The Labute approximate surface area is 149 Å². The molecule has 0 aliphatic carbocycles. The number of benzene rings is 1. The van der Waals surface area contributed by atoms with Crippen LogP contribution in [0, 0.1) is 6.92 Å². The molecule has 0 aliphatic rings. The zero-order chi connectivity index (χ0) is 19.4. The Morgan fingerprint density at radius 1 is 1.31 bits per heavy atom. The fourth-order valence-electron chi connectivity index (χ4n) is 2.37. The number of amides is 3. The second-order valence-corrected chi connectivity index (χ2v) is 5.57. The average Bonchev–Trinajstić information content (AvgIpc) is 2.62. The van der Waals surface area contributed by atoms with E-state index in [4.69, 9.17) is 4.74 Å². The van der Waals surface area contributed by atoms with Crippen LogP contribution in [0.5, 0.6) is 0 Å². The summed E-state index contributed by atoms with van der Waals surface area (Å²) in [7, 11) is 1.36. The second kappa shape index (κ2) is 7.77. The average molecular weight is 360 g/mol. The highest BCUT2D eigenvalue weighted by Crippen LogP contribution is 2.15. The molecule has 1 atom stereocenters. The van der Waals surface area contributed by atoms with Gasteiger partial charge in [-0.05, 0) is 39.0 Å². The first kappa shape index (κ1) is 19.1. The SMILES string of the molecule is CCn1c(=O)c(C)nc2cc(C(=O)O[C@@H](C)C(=O)NC(=O)NC)ccc21. The van der Waals surface area contributed by atoms with Crippen molar-refractivity contribution in [3.8, 4) is 0 Å². The zero-order valence-electron chi connectivity index (χ0n) is 15.0. The Balaban J connectivity index is 2.26. The van der Waals surface area contributed by atoms with Crippen molar-refractivity contribution in [2.75, 3.05) is 7.05 Å². The third-order valence-corrected chi connectivity index (χ3v) is 3.78. The summed E-state index contributed by atoms with van der Waals surface area (Å²) in [5.74, 6) is -1.48. The molecule has 2 aromatic rings. The second-order valence-electron chi connectivity index (χ2n) is 5.57. The topological polar surface area (TPSA) is 119 Å². The largest absolute Gasteiger partial charge is 0.449 e. The summed E-state index contributed by atoms with van der Waals surface area (Å²) < 4.78 is 6.64. The van der Waals surface area contributed by atoms with Crippen LogP contribution in [-0.2, 0) is 16.1 Å². The molecule has 0 fully saturated rings. The van der Waals surface area contributed by atoms with Gasteiger partial charge in [-0.25, -0.2) is 14.6 Å². The fraction of sp³-hybridized carbons (Fsp3) is 0.353. The Bertz CT molecular complexity index is 935. The summed E-state index contributed by atoms with van der Waals surface area (Å²) in [6.45, 7) is 5.27. The van der Waals surface area contributed by atoms with E-state index in [9.17, 15) is 19.2 Å². The molecule has 9 nitrogen and oxygen atoms in total. The Morgan fingerprint density at radius 2 is 2.00 bits per heavy atom. The first-order valence-electron chi connectivity index (χ1n) is 8.03. The highest BCUT2D eigenvalue weighted by molar-refractivity contribution is 5.99. The molecule has 0 unspecified atom stereocenters. The van der Waals surface area contributed by atoms with E-state index in [0.717, 1.165) is 0 Å². The van der Waals surface area contributed by atoms with Crippen molar-refractivity contribution in [3.63, 3.8) is 0 Å². The van der Waals surface area contributed by atoms with Crippen molar-refractivity contribution in [2.45, 2.75) is 33.4 Å². The number of nitrogens with one attached hydrogen (secondary N) is 2. The molecule has 0 spiro atoms. The maximum absolute atomic E-state index is 12.3. The lowest BCUT2D eigenvalue weighted by atomic mass is 10.2. The van der Waals surface area contributed by atoms with Crippen LogP contribution in [0.25, 0.3) is 11.0 Å². The van der Waals surface area contributed by atoms with E-state index in [1.54, 1.807) is 17.6 Å². The van der Waals surface area contributed by atoms with Gasteiger partial charge in [-0.2, -0.15) is 0 Å². The highest BCUT2D eigenvalue weighted by atomic mass is 16.5. The minimum absolute atomic E-state index is 0.185. The number of ether oxygens (including phenoxy) is 1. The number of carbonyl (C=O) groups is 3. The molecule has 0 bridgehead atoms. The van der Waals surface area contributed by atoms with Crippen LogP contribution in [0.1, 0.15) is 29.9 Å². The van der Waals surface area contributed by atoms with Gasteiger partial charge in [0.1, 0.15) is 5.69 Å².